The predicted octanol–water partition coefficient (Wildman–Crippen LogP) is 7.28. The Morgan fingerprint density at radius 3 is 2.45 bits per heavy atom. The second-order valence-corrected chi connectivity index (χ2v) is 8.74. The molecule has 1 N–H and O–H groups in total. The first-order chi connectivity index (χ1) is 15.2. The van der Waals surface area contributed by atoms with E-state index in [-0.39, 0.29) is 6.04 Å². The molecule has 3 atom stereocenters. The molecule has 1 heterocycles. The van der Waals surface area contributed by atoms with E-state index >= 15 is 0 Å². The Kier molecular flexibility index (Phi) is 5.80. The van der Waals surface area contributed by atoms with Gasteiger partial charge in [0.05, 0.1) is 6.04 Å². The van der Waals surface area contributed by atoms with Gasteiger partial charge in [0.25, 0.3) is 0 Å². The highest BCUT2D eigenvalue weighted by molar-refractivity contribution is 6.35. The molecule has 0 radical (unpaired) electrons. The Balaban J connectivity index is 1.31. The molecule has 5 heteroatoms. The molecule has 158 valence electrons. The summed E-state index contributed by atoms with van der Waals surface area (Å²) in [5.41, 5.74) is 3.48. The summed E-state index contributed by atoms with van der Waals surface area (Å²) >= 11 is 12.7. The molecule has 0 bridgehead atoms. The molecule has 3 unspecified atom stereocenters. The Morgan fingerprint density at radius 2 is 1.65 bits per heavy atom. The van der Waals surface area contributed by atoms with Crippen LogP contribution in [0.4, 0.5) is 5.69 Å². The van der Waals surface area contributed by atoms with Crippen LogP contribution in [0.1, 0.15) is 29.5 Å². The normalized spacial score (nSPS) is 21.2. The van der Waals surface area contributed by atoms with Gasteiger partial charge in [0.1, 0.15) is 24.7 Å². The lowest BCUT2D eigenvalue weighted by molar-refractivity contribution is 0.217. The highest BCUT2D eigenvalue weighted by Gasteiger charge is 2.38. The van der Waals surface area contributed by atoms with Gasteiger partial charge in [-0.15, -0.1) is 0 Å². The molecule has 1 aliphatic carbocycles. The second kappa shape index (κ2) is 8.86. The smallest absolute Gasteiger partial charge is 0.122 e. The fourth-order valence-corrected chi connectivity index (χ4v) is 5.09. The molecule has 2 aliphatic rings. The van der Waals surface area contributed by atoms with Gasteiger partial charge in [-0.25, -0.2) is 0 Å². The number of ether oxygens (including phenoxy) is 2. The summed E-state index contributed by atoms with van der Waals surface area (Å²) in [5.74, 6) is 2.45. The Morgan fingerprint density at radius 1 is 0.839 bits per heavy atom. The molecule has 0 aromatic heterocycles. The fraction of sp³-hybridized carbons (Fsp3) is 0.231. The van der Waals surface area contributed by atoms with E-state index in [9.17, 15) is 0 Å². The van der Waals surface area contributed by atoms with Crippen LogP contribution in [0.3, 0.4) is 0 Å². The number of halogens is 2. The third-order valence-corrected chi connectivity index (χ3v) is 6.56. The van der Waals surface area contributed by atoms with Crippen LogP contribution in [0.2, 0.25) is 10.0 Å². The number of allylic oxidation sites excluding steroid dienone is 2. The summed E-state index contributed by atoms with van der Waals surface area (Å²) < 4.78 is 11.7. The number of rotatable bonds is 6. The Labute approximate surface area is 192 Å². The number of anilines is 1. The SMILES string of the molecule is Clc1ccc(C2Nc3ccc(OCCOc4ccccc4)cc3C3C=CCC32)c(Cl)c1. The number of benzene rings is 3. The van der Waals surface area contributed by atoms with Gasteiger partial charge in [0.15, 0.2) is 0 Å². The standard InChI is InChI=1S/C26H23Cl2NO2/c27-17-9-11-22(24(28)15-17)26-21-8-4-7-20(21)23-16-19(10-12-25(23)29-26)31-14-13-30-18-5-2-1-3-6-18/h1-7,9-12,15-16,20-21,26,29H,8,13-14H2. The number of nitrogens with one attached hydrogen (secondary N) is 1. The van der Waals surface area contributed by atoms with Crippen LogP contribution in [0.5, 0.6) is 11.5 Å². The number of hydrogen-bond donors (Lipinski definition) is 1. The second-order valence-electron chi connectivity index (χ2n) is 7.90. The van der Waals surface area contributed by atoms with Gasteiger partial charge in [-0.1, -0.05) is 59.6 Å². The first kappa shape index (κ1) is 20.3. The third kappa shape index (κ3) is 4.26. The van der Waals surface area contributed by atoms with Crippen molar-refractivity contribution in [3.63, 3.8) is 0 Å². The van der Waals surface area contributed by atoms with Gasteiger partial charge in [-0.05, 0) is 65.9 Å². The van der Waals surface area contributed by atoms with Crippen molar-refractivity contribution in [2.75, 3.05) is 18.5 Å². The van der Waals surface area contributed by atoms with E-state index in [1.807, 2.05) is 54.6 Å². The van der Waals surface area contributed by atoms with Gasteiger partial charge >= 0.3 is 0 Å². The maximum atomic E-state index is 6.54. The average molecular weight is 452 g/mol. The minimum Gasteiger partial charge on any atom is -0.490 e. The maximum absolute atomic E-state index is 6.54. The minimum atomic E-state index is 0.142. The van der Waals surface area contributed by atoms with Crippen molar-refractivity contribution in [1.29, 1.82) is 0 Å². The molecule has 3 aromatic rings. The van der Waals surface area contributed by atoms with Crippen LogP contribution in [0, 0.1) is 5.92 Å². The molecule has 5 rings (SSSR count). The molecule has 3 aromatic carbocycles. The van der Waals surface area contributed by atoms with E-state index < -0.39 is 0 Å². The molecule has 31 heavy (non-hydrogen) atoms. The van der Waals surface area contributed by atoms with Crippen LogP contribution in [-0.4, -0.2) is 13.2 Å². The number of fused-ring (bicyclic) bond motifs is 3. The Bertz CT molecular complexity index is 1100. The fourth-order valence-electron chi connectivity index (χ4n) is 4.56. The molecular formula is C26H23Cl2NO2. The van der Waals surface area contributed by atoms with Gasteiger partial charge < -0.3 is 14.8 Å². The maximum Gasteiger partial charge on any atom is 0.122 e. The van der Waals surface area contributed by atoms with Crippen LogP contribution in [0.15, 0.2) is 78.9 Å². The third-order valence-electron chi connectivity index (χ3n) is 6.00. The topological polar surface area (TPSA) is 30.5 Å². The molecule has 0 saturated carbocycles. The van der Waals surface area contributed by atoms with Crippen LogP contribution < -0.4 is 14.8 Å². The lowest BCUT2D eigenvalue weighted by Gasteiger charge is -2.38. The zero-order valence-corrected chi connectivity index (χ0v) is 18.4. The van der Waals surface area contributed by atoms with E-state index in [4.69, 9.17) is 32.7 Å². The van der Waals surface area contributed by atoms with Crippen molar-refractivity contribution in [2.45, 2.75) is 18.4 Å². The van der Waals surface area contributed by atoms with E-state index in [2.05, 4.69) is 29.6 Å². The molecule has 1 aliphatic heterocycles. The van der Waals surface area contributed by atoms with Crippen molar-refractivity contribution in [3.05, 3.63) is 100 Å². The number of para-hydroxylation sites is 1. The van der Waals surface area contributed by atoms with Crippen molar-refractivity contribution in [1.82, 2.24) is 0 Å². The Hall–Kier alpha value is -2.62. The summed E-state index contributed by atoms with van der Waals surface area (Å²) in [5, 5.41) is 5.08. The molecule has 0 spiro atoms. The summed E-state index contributed by atoms with van der Waals surface area (Å²) in [6, 6.07) is 21.9. The zero-order valence-electron chi connectivity index (χ0n) is 16.9. The molecule has 0 saturated heterocycles. The summed E-state index contributed by atoms with van der Waals surface area (Å²) in [7, 11) is 0. The quantitative estimate of drug-likeness (QED) is 0.315. The lowest BCUT2D eigenvalue weighted by atomic mass is 9.77. The van der Waals surface area contributed by atoms with E-state index in [1.165, 1.54) is 5.56 Å². The van der Waals surface area contributed by atoms with Crippen molar-refractivity contribution in [2.24, 2.45) is 5.92 Å². The van der Waals surface area contributed by atoms with Gasteiger partial charge in [0, 0.05) is 21.7 Å². The summed E-state index contributed by atoms with van der Waals surface area (Å²) in [6.07, 6.45) is 5.59. The van der Waals surface area contributed by atoms with Crippen LogP contribution in [0.25, 0.3) is 0 Å². The zero-order chi connectivity index (χ0) is 21.2. The lowest BCUT2D eigenvalue weighted by Crippen LogP contribution is -2.29. The van der Waals surface area contributed by atoms with E-state index in [0.717, 1.165) is 29.2 Å². The minimum absolute atomic E-state index is 0.142. The van der Waals surface area contributed by atoms with Crippen molar-refractivity contribution >= 4 is 28.9 Å². The highest BCUT2D eigenvalue weighted by Crippen LogP contribution is 2.51. The van der Waals surface area contributed by atoms with E-state index in [1.54, 1.807) is 0 Å². The highest BCUT2D eigenvalue weighted by atomic mass is 35.5. The molecule has 0 fully saturated rings. The van der Waals surface area contributed by atoms with Crippen molar-refractivity contribution in [3.8, 4) is 11.5 Å². The first-order valence-electron chi connectivity index (χ1n) is 10.5. The van der Waals surface area contributed by atoms with Gasteiger partial charge in [-0.2, -0.15) is 0 Å². The summed E-state index contributed by atoms with van der Waals surface area (Å²) in [4.78, 5) is 0. The van der Waals surface area contributed by atoms with Gasteiger partial charge in [0.2, 0.25) is 0 Å². The van der Waals surface area contributed by atoms with Gasteiger partial charge in [-0.3, -0.25) is 0 Å². The summed E-state index contributed by atoms with van der Waals surface area (Å²) in [6.45, 7) is 0.997. The monoisotopic (exact) mass is 451 g/mol. The average Bonchev–Trinajstić information content (AvgIpc) is 3.28. The molecular weight excluding hydrogens is 429 g/mol. The van der Waals surface area contributed by atoms with E-state index in [0.29, 0.717) is 35.1 Å². The first-order valence-corrected chi connectivity index (χ1v) is 11.3. The molecule has 0 amide bonds. The predicted molar refractivity (Wildman–Crippen MR) is 127 cm³/mol. The largest absolute Gasteiger partial charge is 0.490 e. The number of hydrogen-bond acceptors (Lipinski definition) is 3. The van der Waals surface area contributed by atoms with Crippen LogP contribution in [-0.2, 0) is 0 Å². The molecule has 3 nitrogen and oxygen atoms in total. The van der Waals surface area contributed by atoms with Crippen LogP contribution >= 0.6 is 23.2 Å². The van der Waals surface area contributed by atoms with Crippen molar-refractivity contribution < 1.29 is 9.47 Å².